The molecule has 6 nitrogen and oxygen atoms in total. The van der Waals surface area contributed by atoms with Crippen LogP contribution in [0.4, 0.5) is 0 Å². The van der Waals surface area contributed by atoms with Gasteiger partial charge in [0, 0.05) is 17.4 Å². The van der Waals surface area contributed by atoms with Gasteiger partial charge in [-0.1, -0.05) is 11.6 Å². The summed E-state index contributed by atoms with van der Waals surface area (Å²) in [5.74, 6) is 0.663. The summed E-state index contributed by atoms with van der Waals surface area (Å²) in [6, 6.07) is 10.5. The van der Waals surface area contributed by atoms with Crippen LogP contribution in [0.15, 0.2) is 30.3 Å². The minimum Gasteiger partial charge on any atom is -0.345 e. The van der Waals surface area contributed by atoms with Gasteiger partial charge in [0.2, 0.25) is 0 Å². The molecule has 2 N–H and O–H groups in total. The Morgan fingerprint density at radius 2 is 1.93 bits per heavy atom. The van der Waals surface area contributed by atoms with Gasteiger partial charge in [0.25, 0.3) is 5.91 Å². The van der Waals surface area contributed by atoms with E-state index in [9.17, 15) is 4.79 Å². The first kappa shape index (κ1) is 17.7. The third-order valence-corrected chi connectivity index (χ3v) is 5.29. The summed E-state index contributed by atoms with van der Waals surface area (Å²) in [6.45, 7) is 6.43. The predicted octanol–water partition coefficient (Wildman–Crippen LogP) is 3.92. The highest BCUT2D eigenvalue weighted by Gasteiger charge is 2.27. The van der Waals surface area contributed by atoms with Crippen molar-refractivity contribution in [3.63, 3.8) is 0 Å². The van der Waals surface area contributed by atoms with Gasteiger partial charge in [0.15, 0.2) is 10.6 Å². The molecule has 3 aromatic rings. The molecule has 140 valence electrons. The Bertz CT molecular complexity index is 1050. The van der Waals surface area contributed by atoms with Gasteiger partial charge in [-0.05, 0) is 70.1 Å². The van der Waals surface area contributed by atoms with Crippen LogP contribution in [0.2, 0.25) is 0 Å². The second-order valence-electron chi connectivity index (χ2n) is 7.20. The first-order valence-electron chi connectivity index (χ1n) is 9.15. The van der Waals surface area contributed by atoms with Crippen molar-refractivity contribution in [1.82, 2.24) is 24.6 Å². The lowest BCUT2D eigenvalue weighted by atomic mass is 10.1. The molecule has 0 aliphatic heterocycles. The van der Waals surface area contributed by atoms with Crippen LogP contribution in [0.5, 0.6) is 0 Å². The lowest BCUT2D eigenvalue weighted by Gasteiger charge is -2.15. The molecule has 2 aromatic heterocycles. The molecule has 1 aliphatic rings. The molecule has 1 fully saturated rings. The molecule has 4 rings (SSSR count). The normalized spacial score (nSPS) is 13.7. The largest absolute Gasteiger partial charge is 0.345 e. The Kier molecular flexibility index (Phi) is 4.47. The van der Waals surface area contributed by atoms with Crippen LogP contribution >= 0.6 is 12.2 Å². The van der Waals surface area contributed by atoms with Crippen LogP contribution in [0.3, 0.4) is 0 Å². The number of rotatable bonds is 5. The maximum atomic E-state index is 13.0. The minimum absolute atomic E-state index is 0.113. The number of amides is 1. The average Bonchev–Trinajstić information content (AvgIpc) is 3.33. The second-order valence-corrected chi connectivity index (χ2v) is 7.59. The van der Waals surface area contributed by atoms with Crippen LogP contribution in [-0.2, 0) is 6.54 Å². The summed E-state index contributed by atoms with van der Waals surface area (Å²) in [5.41, 5.74) is 4.79. The number of nitrogens with zero attached hydrogens (tertiary/aromatic N) is 3. The fourth-order valence-corrected chi connectivity index (χ4v) is 3.80. The smallest absolute Gasteiger partial charge is 0.253 e. The molecule has 0 radical (unpaired) electrons. The van der Waals surface area contributed by atoms with Gasteiger partial charge >= 0.3 is 0 Å². The van der Waals surface area contributed by atoms with Crippen molar-refractivity contribution in [1.29, 1.82) is 0 Å². The Morgan fingerprint density at radius 1 is 1.22 bits per heavy atom. The van der Waals surface area contributed by atoms with Crippen molar-refractivity contribution < 1.29 is 4.79 Å². The van der Waals surface area contributed by atoms with Crippen LogP contribution in [0, 0.1) is 25.5 Å². The number of nitrogens with one attached hydrogen (secondary N) is 2. The number of hydrogen-bond acceptors (Lipinski definition) is 3. The Morgan fingerprint density at radius 3 is 2.59 bits per heavy atom. The first-order chi connectivity index (χ1) is 13.0. The van der Waals surface area contributed by atoms with E-state index in [0.717, 1.165) is 41.3 Å². The number of carbonyl (C=O) groups excluding carboxylic acids is 1. The van der Waals surface area contributed by atoms with Crippen LogP contribution < -0.4 is 5.32 Å². The van der Waals surface area contributed by atoms with Gasteiger partial charge < -0.3 is 9.88 Å². The summed E-state index contributed by atoms with van der Waals surface area (Å²) in [4.78, 5) is 13.0. The highest BCUT2D eigenvalue weighted by Crippen LogP contribution is 2.35. The molecule has 1 amide bonds. The number of aromatic amines is 1. The van der Waals surface area contributed by atoms with Crippen molar-refractivity contribution in [3.05, 3.63) is 63.4 Å². The van der Waals surface area contributed by atoms with E-state index in [0.29, 0.717) is 22.9 Å². The van der Waals surface area contributed by atoms with Crippen LogP contribution in [-0.4, -0.2) is 25.2 Å². The highest BCUT2D eigenvalue weighted by atomic mass is 32.1. The minimum atomic E-state index is -0.113. The lowest BCUT2D eigenvalue weighted by molar-refractivity contribution is 0.0949. The molecule has 0 bridgehead atoms. The van der Waals surface area contributed by atoms with Gasteiger partial charge in [-0.3, -0.25) is 14.5 Å². The van der Waals surface area contributed by atoms with Crippen LogP contribution in [0.25, 0.3) is 5.69 Å². The summed E-state index contributed by atoms with van der Waals surface area (Å²) in [5, 5.41) is 10.1. The molecule has 1 saturated carbocycles. The van der Waals surface area contributed by atoms with E-state index in [4.69, 9.17) is 12.2 Å². The molecule has 0 unspecified atom stereocenters. The third kappa shape index (κ3) is 3.35. The molecule has 27 heavy (non-hydrogen) atoms. The molecular formula is C20H23N5OS. The summed E-state index contributed by atoms with van der Waals surface area (Å²) in [6.07, 6.45) is 2.23. The maximum absolute atomic E-state index is 13.0. The number of hydrogen-bond donors (Lipinski definition) is 2. The maximum Gasteiger partial charge on any atom is 0.253 e. The van der Waals surface area contributed by atoms with Crippen molar-refractivity contribution in [2.45, 2.75) is 46.2 Å². The number of aromatic nitrogens is 4. The van der Waals surface area contributed by atoms with E-state index in [1.165, 1.54) is 0 Å². The molecule has 1 aliphatic carbocycles. The molecule has 1 aromatic carbocycles. The van der Waals surface area contributed by atoms with Gasteiger partial charge in [0.1, 0.15) is 0 Å². The average molecular weight is 382 g/mol. The lowest BCUT2D eigenvalue weighted by Crippen LogP contribution is -2.26. The molecule has 0 atom stereocenters. The first-order valence-corrected chi connectivity index (χ1v) is 9.56. The number of benzene rings is 1. The van der Waals surface area contributed by atoms with E-state index in [1.807, 2.05) is 43.5 Å². The van der Waals surface area contributed by atoms with Crippen molar-refractivity contribution in [3.8, 4) is 5.69 Å². The SMILES string of the molecule is Cc1ccc(-n2c(C)ccc2C)c(C(=O)NCc2n[nH]c(=S)n2C2CC2)c1. The van der Waals surface area contributed by atoms with Gasteiger partial charge in [-0.25, -0.2) is 0 Å². The summed E-state index contributed by atoms with van der Waals surface area (Å²) >= 11 is 5.31. The van der Waals surface area contributed by atoms with E-state index < -0.39 is 0 Å². The standard InChI is InChI=1S/C20H23N5OS/c1-12-4-9-17(24-13(2)5-6-14(24)3)16(10-12)19(26)21-11-18-22-23-20(27)25(18)15-7-8-15/h4-6,9-10,15H,7-8,11H2,1-3H3,(H,21,26)(H,23,27). The van der Waals surface area contributed by atoms with Gasteiger partial charge in [0.05, 0.1) is 17.8 Å². The molecule has 7 heteroatoms. The summed E-state index contributed by atoms with van der Waals surface area (Å²) < 4.78 is 4.75. The highest BCUT2D eigenvalue weighted by molar-refractivity contribution is 7.71. The van der Waals surface area contributed by atoms with Gasteiger partial charge in [-0.15, -0.1) is 0 Å². The zero-order chi connectivity index (χ0) is 19.1. The van der Waals surface area contributed by atoms with E-state index in [2.05, 4.69) is 32.2 Å². The third-order valence-electron chi connectivity index (χ3n) is 5.01. The van der Waals surface area contributed by atoms with Crippen molar-refractivity contribution in [2.24, 2.45) is 0 Å². The van der Waals surface area contributed by atoms with Crippen molar-refractivity contribution in [2.75, 3.05) is 0 Å². The zero-order valence-corrected chi connectivity index (χ0v) is 16.6. The zero-order valence-electron chi connectivity index (χ0n) is 15.7. The fourth-order valence-electron chi connectivity index (χ4n) is 3.50. The van der Waals surface area contributed by atoms with Crippen LogP contribution in [0.1, 0.15) is 52.0 Å². The van der Waals surface area contributed by atoms with E-state index in [1.54, 1.807) is 0 Å². The molecule has 2 heterocycles. The Balaban J connectivity index is 1.63. The second kappa shape index (κ2) is 6.81. The monoisotopic (exact) mass is 381 g/mol. The Labute approximate surface area is 163 Å². The fraction of sp³-hybridized carbons (Fsp3) is 0.350. The quantitative estimate of drug-likeness (QED) is 0.658. The van der Waals surface area contributed by atoms with Gasteiger partial charge in [-0.2, -0.15) is 5.10 Å². The molecule has 0 saturated heterocycles. The Hall–Kier alpha value is -2.67. The predicted molar refractivity (Wildman–Crippen MR) is 107 cm³/mol. The summed E-state index contributed by atoms with van der Waals surface area (Å²) in [7, 11) is 0. The number of aryl methyl sites for hydroxylation is 3. The number of carbonyl (C=O) groups is 1. The topological polar surface area (TPSA) is 67.6 Å². The van der Waals surface area contributed by atoms with Crippen molar-refractivity contribution >= 4 is 18.1 Å². The van der Waals surface area contributed by atoms with E-state index >= 15 is 0 Å². The van der Waals surface area contributed by atoms with E-state index in [-0.39, 0.29) is 5.91 Å². The molecule has 0 spiro atoms. The molecular weight excluding hydrogens is 358 g/mol. The number of H-pyrrole nitrogens is 1.